The molecule has 154 valence electrons. The summed E-state index contributed by atoms with van der Waals surface area (Å²) in [5.74, 6) is -0.520. The number of aromatic nitrogens is 2. The fraction of sp³-hybridized carbons (Fsp3) is 0.100. The van der Waals surface area contributed by atoms with Crippen molar-refractivity contribution in [2.75, 3.05) is 6.61 Å². The van der Waals surface area contributed by atoms with Gasteiger partial charge in [0.15, 0.2) is 5.69 Å². The van der Waals surface area contributed by atoms with E-state index in [1.807, 2.05) is 29.6 Å². The summed E-state index contributed by atoms with van der Waals surface area (Å²) >= 11 is 3.23. The van der Waals surface area contributed by atoms with Gasteiger partial charge in [0.1, 0.15) is 0 Å². The number of esters is 1. The van der Waals surface area contributed by atoms with Crippen LogP contribution in [-0.4, -0.2) is 30.8 Å². The minimum absolute atomic E-state index is 0.00155. The van der Waals surface area contributed by atoms with E-state index in [0.717, 1.165) is 14.6 Å². The van der Waals surface area contributed by atoms with E-state index in [1.165, 1.54) is 12.1 Å². The molecule has 0 fully saturated rings. The zero-order valence-electron chi connectivity index (χ0n) is 15.8. The molecule has 2 N–H and O–H groups in total. The average Bonchev–Trinajstić information content (AvgIpc) is 3.46. The number of benzene rings is 1. The Bertz CT molecular complexity index is 1290. The maximum Gasteiger partial charge on any atom is 0.358 e. The Morgan fingerprint density at radius 1 is 1.10 bits per heavy atom. The van der Waals surface area contributed by atoms with Crippen LogP contribution in [0.25, 0.3) is 26.0 Å². The molecule has 4 rings (SSSR count). The minimum atomic E-state index is -3.80. The van der Waals surface area contributed by atoms with E-state index >= 15 is 0 Å². The lowest BCUT2D eigenvalue weighted by Crippen LogP contribution is -2.12. The summed E-state index contributed by atoms with van der Waals surface area (Å²) in [6.45, 7) is 1.97. The number of carbonyl (C=O) groups excluding carboxylic acids is 1. The van der Waals surface area contributed by atoms with Crippen molar-refractivity contribution >= 4 is 38.7 Å². The maximum absolute atomic E-state index is 12.3. The SMILES string of the molecule is CCOC(=O)c1cc(-c2ccc(-c3cccs3)s2)n(-c2ccc(S(N)(=O)=O)cc2)n1. The molecule has 0 saturated carbocycles. The normalized spacial score (nSPS) is 11.5. The van der Waals surface area contributed by atoms with Crippen molar-refractivity contribution in [3.05, 3.63) is 65.7 Å². The van der Waals surface area contributed by atoms with Crippen molar-refractivity contribution in [3.63, 3.8) is 0 Å². The smallest absolute Gasteiger partial charge is 0.358 e. The first-order chi connectivity index (χ1) is 14.4. The second-order valence-corrected chi connectivity index (χ2v) is 9.82. The van der Waals surface area contributed by atoms with Crippen LogP contribution in [-0.2, 0) is 14.8 Å². The van der Waals surface area contributed by atoms with Gasteiger partial charge in [-0.2, -0.15) is 5.10 Å². The van der Waals surface area contributed by atoms with Crippen LogP contribution in [0.3, 0.4) is 0 Å². The largest absolute Gasteiger partial charge is 0.461 e. The van der Waals surface area contributed by atoms with Gasteiger partial charge in [-0.1, -0.05) is 6.07 Å². The number of primary sulfonamides is 1. The molecule has 30 heavy (non-hydrogen) atoms. The van der Waals surface area contributed by atoms with Crippen LogP contribution in [0.2, 0.25) is 0 Å². The first kappa shape index (κ1) is 20.5. The van der Waals surface area contributed by atoms with Crippen LogP contribution in [0.15, 0.2) is 64.9 Å². The number of rotatable bonds is 6. The van der Waals surface area contributed by atoms with Crippen LogP contribution in [0.1, 0.15) is 17.4 Å². The lowest BCUT2D eigenvalue weighted by molar-refractivity contribution is 0.0519. The van der Waals surface area contributed by atoms with E-state index in [2.05, 4.69) is 5.10 Å². The predicted octanol–water partition coefficient (Wildman–Crippen LogP) is 4.15. The molecule has 0 amide bonds. The van der Waals surface area contributed by atoms with Gasteiger partial charge in [0.25, 0.3) is 0 Å². The zero-order chi connectivity index (χ0) is 21.3. The standard InChI is InChI=1S/C20H17N3O4S3/c1-2-27-20(24)15-12-16(17-9-10-19(29-17)18-4-3-11-28-18)23(22-15)13-5-7-14(8-6-13)30(21,25)26/h3-12H,2H2,1H3,(H2,21,25,26). The van der Waals surface area contributed by atoms with Gasteiger partial charge in [-0.05, 0) is 54.8 Å². The quantitative estimate of drug-likeness (QED) is 0.436. The molecule has 3 heterocycles. The van der Waals surface area contributed by atoms with E-state index < -0.39 is 16.0 Å². The number of ether oxygens (including phenoxy) is 1. The molecule has 0 aliphatic heterocycles. The van der Waals surface area contributed by atoms with Crippen molar-refractivity contribution in [1.29, 1.82) is 0 Å². The topological polar surface area (TPSA) is 104 Å². The minimum Gasteiger partial charge on any atom is -0.461 e. The molecule has 0 radical (unpaired) electrons. The summed E-state index contributed by atoms with van der Waals surface area (Å²) in [6.07, 6.45) is 0. The van der Waals surface area contributed by atoms with Gasteiger partial charge in [0.2, 0.25) is 10.0 Å². The average molecular weight is 460 g/mol. The molecule has 0 unspecified atom stereocenters. The van der Waals surface area contributed by atoms with Gasteiger partial charge in [-0.15, -0.1) is 22.7 Å². The molecule has 1 aromatic carbocycles. The van der Waals surface area contributed by atoms with Gasteiger partial charge in [-0.25, -0.2) is 23.0 Å². The van der Waals surface area contributed by atoms with E-state index in [-0.39, 0.29) is 17.2 Å². The van der Waals surface area contributed by atoms with E-state index in [1.54, 1.807) is 52.5 Å². The number of thiophene rings is 2. The third-order valence-electron chi connectivity index (χ3n) is 4.23. The van der Waals surface area contributed by atoms with Gasteiger partial charge in [0, 0.05) is 15.8 Å². The highest BCUT2D eigenvalue weighted by atomic mass is 32.2. The fourth-order valence-electron chi connectivity index (χ4n) is 2.86. The monoisotopic (exact) mass is 459 g/mol. The lowest BCUT2D eigenvalue weighted by atomic mass is 10.2. The van der Waals surface area contributed by atoms with Crippen LogP contribution in [0.4, 0.5) is 0 Å². The van der Waals surface area contributed by atoms with Crippen molar-refractivity contribution in [2.24, 2.45) is 5.14 Å². The molecular formula is C20H17N3O4S3. The first-order valence-corrected chi connectivity index (χ1v) is 12.2. The Hall–Kier alpha value is -2.79. The van der Waals surface area contributed by atoms with Crippen molar-refractivity contribution < 1.29 is 17.9 Å². The molecule has 0 bridgehead atoms. The molecule has 7 nitrogen and oxygen atoms in total. The van der Waals surface area contributed by atoms with Crippen molar-refractivity contribution in [1.82, 2.24) is 9.78 Å². The van der Waals surface area contributed by atoms with Gasteiger partial charge < -0.3 is 4.74 Å². The Morgan fingerprint density at radius 3 is 2.47 bits per heavy atom. The second-order valence-electron chi connectivity index (χ2n) is 6.23. The van der Waals surface area contributed by atoms with Gasteiger partial charge in [-0.3, -0.25) is 0 Å². The summed E-state index contributed by atoms with van der Waals surface area (Å²) in [4.78, 5) is 15.4. The first-order valence-electron chi connectivity index (χ1n) is 8.91. The molecule has 0 atom stereocenters. The van der Waals surface area contributed by atoms with Crippen molar-refractivity contribution in [3.8, 4) is 26.0 Å². The van der Waals surface area contributed by atoms with Gasteiger partial charge >= 0.3 is 5.97 Å². The molecule has 10 heteroatoms. The van der Waals surface area contributed by atoms with Gasteiger partial charge in [0.05, 0.1) is 27.8 Å². The summed E-state index contributed by atoms with van der Waals surface area (Å²) in [7, 11) is -3.80. The number of carbonyl (C=O) groups is 1. The molecule has 0 spiro atoms. The van der Waals surface area contributed by atoms with Crippen molar-refractivity contribution in [2.45, 2.75) is 11.8 Å². The fourth-order valence-corrected chi connectivity index (χ4v) is 5.22. The molecular weight excluding hydrogens is 442 g/mol. The number of sulfonamides is 1. The number of hydrogen-bond donors (Lipinski definition) is 1. The summed E-state index contributed by atoms with van der Waals surface area (Å²) in [5.41, 5.74) is 1.47. The van der Waals surface area contributed by atoms with Crippen LogP contribution >= 0.6 is 22.7 Å². The van der Waals surface area contributed by atoms with E-state index in [9.17, 15) is 13.2 Å². The Kier molecular flexibility index (Phi) is 5.56. The molecule has 0 aliphatic carbocycles. The van der Waals surface area contributed by atoms with Crippen LogP contribution < -0.4 is 5.14 Å². The predicted molar refractivity (Wildman–Crippen MR) is 118 cm³/mol. The maximum atomic E-state index is 12.3. The summed E-state index contributed by atoms with van der Waals surface area (Å²) in [6, 6.07) is 15.7. The Morgan fingerprint density at radius 2 is 1.83 bits per heavy atom. The van der Waals surface area contributed by atoms with Crippen LogP contribution in [0, 0.1) is 0 Å². The highest BCUT2D eigenvalue weighted by Gasteiger charge is 2.19. The third kappa shape index (κ3) is 4.08. The summed E-state index contributed by atoms with van der Waals surface area (Å²) < 4.78 is 29.8. The Labute approximate surface area is 181 Å². The number of hydrogen-bond acceptors (Lipinski definition) is 7. The summed E-state index contributed by atoms with van der Waals surface area (Å²) in [5, 5.41) is 11.6. The number of nitrogens with zero attached hydrogens (tertiary/aromatic N) is 2. The second kappa shape index (κ2) is 8.15. The Balaban J connectivity index is 1.80. The highest BCUT2D eigenvalue weighted by Crippen LogP contribution is 2.37. The lowest BCUT2D eigenvalue weighted by Gasteiger charge is -2.07. The third-order valence-corrected chi connectivity index (χ3v) is 7.33. The number of nitrogens with two attached hydrogens (primary N) is 1. The van der Waals surface area contributed by atoms with E-state index in [0.29, 0.717) is 11.4 Å². The van der Waals surface area contributed by atoms with E-state index in [4.69, 9.17) is 9.88 Å². The highest BCUT2D eigenvalue weighted by molar-refractivity contribution is 7.89. The van der Waals surface area contributed by atoms with Crippen LogP contribution in [0.5, 0.6) is 0 Å². The molecule has 3 aromatic heterocycles. The molecule has 0 aliphatic rings. The molecule has 0 saturated heterocycles. The zero-order valence-corrected chi connectivity index (χ0v) is 18.3. The molecule has 4 aromatic rings.